The maximum absolute atomic E-state index is 11.9. The van der Waals surface area contributed by atoms with Gasteiger partial charge >= 0.3 is 0 Å². The lowest BCUT2D eigenvalue weighted by atomic mass is 10.1. The van der Waals surface area contributed by atoms with Gasteiger partial charge < -0.3 is 15.4 Å². The van der Waals surface area contributed by atoms with E-state index in [9.17, 15) is 9.59 Å². The molecule has 1 atom stereocenters. The third kappa shape index (κ3) is 4.84. The van der Waals surface area contributed by atoms with E-state index in [1.54, 1.807) is 12.1 Å². The van der Waals surface area contributed by atoms with Crippen LogP contribution < -0.4 is 10.6 Å². The van der Waals surface area contributed by atoms with E-state index in [1.807, 2.05) is 12.1 Å². The Morgan fingerprint density at radius 2 is 2.00 bits per heavy atom. The summed E-state index contributed by atoms with van der Waals surface area (Å²) in [6.07, 6.45) is 2.84. The molecule has 1 unspecified atom stereocenters. The van der Waals surface area contributed by atoms with Crippen LogP contribution in [0.2, 0.25) is 0 Å². The number of hydrogen-bond donors (Lipinski definition) is 2. The number of hydrogen-bond acceptors (Lipinski definition) is 3. The van der Waals surface area contributed by atoms with Crippen molar-refractivity contribution in [2.75, 3.05) is 19.8 Å². The molecule has 1 saturated heterocycles. The number of amides is 2. The Kier molecular flexibility index (Phi) is 6.40. The van der Waals surface area contributed by atoms with E-state index in [-0.39, 0.29) is 17.7 Å². The molecule has 22 heavy (non-hydrogen) atoms. The van der Waals surface area contributed by atoms with Crippen LogP contribution in [0.4, 0.5) is 0 Å². The normalized spacial score (nSPS) is 17.2. The van der Waals surface area contributed by atoms with Crippen LogP contribution in [0, 0.1) is 5.92 Å². The molecule has 1 aromatic rings. The van der Waals surface area contributed by atoms with Crippen LogP contribution in [0.5, 0.6) is 0 Å². The summed E-state index contributed by atoms with van der Waals surface area (Å²) < 4.78 is 5.21. The first-order chi connectivity index (χ1) is 10.7. The predicted octanol–water partition coefficient (Wildman–Crippen LogP) is 1.87. The molecular formula is C17H24N2O3. The average Bonchev–Trinajstić information content (AvgIpc) is 3.08. The Hall–Kier alpha value is -1.88. The summed E-state index contributed by atoms with van der Waals surface area (Å²) in [6.45, 7) is 4.46. The quantitative estimate of drug-likeness (QED) is 0.756. The van der Waals surface area contributed by atoms with E-state index in [1.165, 1.54) is 0 Å². The monoisotopic (exact) mass is 304 g/mol. The molecule has 0 saturated carbocycles. The topological polar surface area (TPSA) is 67.4 Å². The zero-order valence-electron chi connectivity index (χ0n) is 13.1. The van der Waals surface area contributed by atoms with Crippen LogP contribution >= 0.6 is 0 Å². The van der Waals surface area contributed by atoms with Crippen LogP contribution in [-0.2, 0) is 16.1 Å². The van der Waals surface area contributed by atoms with Gasteiger partial charge in [0.2, 0.25) is 5.91 Å². The fourth-order valence-corrected chi connectivity index (χ4v) is 2.33. The number of ether oxygens (including phenoxy) is 1. The first-order valence-electron chi connectivity index (χ1n) is 7.93. The summed E-state index contributed by atoms with van der Waals surface area (Å²) in [6, 6.07) is 7.34. The Morgan fingerprint density at radius 3 is 2.64 bits per heavy atom. The van der Waals surface area contributed by atoms with Crippen molar-refractivity contribution in [3.05, 3.63) is 35.4 Å². The Morgan fingerprint density at radius 1 is 1.23 bits per heavy atom. The van der Waals surface area contributed by atoms with Crippen molar-refractivity contribution in [1.29, 1.82) is 0 Å². The van der Waals surface area contributed by atoms with Gasteiger partial charge in [0.1, 0.15) is 0 Å². The number of rotatable bonds is 7. The smallest absolute Gasteiger partial charge is 0.251 e. The highest BCUT2D eigenvalue weighted by molar-refractivity contribution is 5.94. The van der Waals surface area contributed by atoms with Gasteiger partial charge in [-0.15, -0.1) is 0 Å². The lowest BCUT2D eigenvalue weighted by Gasteiger charge is -2.10. The van der Waals surface area contributed by atoms with Crippen LogP contribution in [0.1, 0.15) is 42.1 Å². The highest BCUT2D eigenvalue weighted by Gasteiger charge is 2.22. The Labute approximate surface area is 131 Å². The minimum Gasteiger partial charge on any atom is -0.381 e. The van der Waals surface area contributed by atoms with E-state index in [0.717, 1.165) is 24.8 Å². The number of benzene rings is 1. The van der Waals surface area contributed by atoms with E-state index in [0.29, 0.717) is 31.9 Å². The summed E-state index contributed by atoms with van der Waals surface area (Å²) in [5, 5.41) is 5.80. The maximum Gasteiger partial charge on any atom is 0.251 e. The van der Waals surface area contributed by atoms with Crippen molar-refractivity contribution >= 4 is 11.8 Å². The van der Waals surface area contributed by atoms with Gasteiger partial charge in [-0.2, -0.15) is 0 Å². The average molecular weight is 304 g/mol. The zero-order valence-corrected chi connectivity index (χ0v) is 13.1. The van der Waals surface area contributed by atoms with E-state index in [2.05, 4.69) is 17.6 Å². The number of carbonyl (C=O) groups is 2. The summed E-state index contributed by atoms with van der Waals surface area (Å²) in [7, 11) is 0. The summed E-state index contributed by atoms with van der Waals surface area (Å²) in [5.41, 5.74) is 1.63. The molecule has 1 aromatic carbocycles. The molecule has 0 aliphatic carbocycles. The second kappa shape index (κ2) is 8.54. The molecule has 1 aliphatic heterocycles. The summed E-state index contributed by atoms with van der Waals surface area (Å²) in [5.74, 6) is -0.0327. The molecule has 5 nitrogen and oxygen atoms in total. The van der Waals surface area contributed by atoms with Crippen molar-refractivity contribution in [2.24, 2.45) is 5.92 Å². The van der Waals surface area contributed by atoms with Gasteiger partial charge in [0.05, 0.1) is 12.5 Å². The van der Waals surface area contributed by atoms with Crippen molar-refractivity contribution in [2.45, 2.75) is 32.7 Å². The van der Waals surface area contributed by atoms with E-state index >= 15 is 0 Å². The molecule has 0 bridgehead atoms. The van der Waals surface area contributed by atoms with Crippen LogP contribution in [-0.4, -0.2) is 31.6 Å². The molecule has 0 radical (unpaired) electrons. The molecule has 0 aromatic heterocycles. The third-order valence-corrected chi connectivity index (χ3v) is 3.80. The van der Waals surface area contributed by atoms with Crippen LogP contribution in [0.15, 0.2) is 24.3 Å². The van der Waals surface area contributed by atoms with Gasteiger partial charge in [-0.3, -0.25) is 9.59 Å². The van der Waals surface area contributed by atoms with Crippen molar-refractivity contribution < 1.29 is 14.3 Å². The largest absolute Gasteiger partial charge is 0.381 e. The Bertz CT molecular complexity index is 493. The van der Waals surface area contributed by atoms with Crippen molar-refractivity contribution in [3.63, 3.8) is 0 Å². The molecular weight excluding hydrogens is 280 g/mol. The van der Waals surface area contributed by atoms with Crippen LogP contribution in [0.3, 0.4) is 0 Å². The van der Waals surface area contributed by atoms with Gasteiger partial charge in [0.25, 0.3) is 5.91 Å². The van der Waals surface area contributed by atoms with Gasteiger partial charge in [-0.05, 0) is 30.5 Å². The van der Waals surface area contributed by atoms with Gasteiger partial charge in [0, 0.05) is 25.3 Å². The van der Waals surface area contributed by atoms with Crippen molar-refractivity contribution in [1.82, 2.24) is 10.6 Å². The second-order valence-corrected chi connectivity index (χ2v) is 5.58. The number of nitrogens with one attached hydrogen (secondary N) is 2. The fraction of sp³-hybridized carbons (Fsp3) is 0.529. The summed E-state index contributed by atoms with van der Waals surface area (Å²) in [4.78, 5) is 23.8. The highest BCUT2D eigenvalue weighted by atomic mass is 16.5. The summed E-state index contributed by atoms with van der Waals surface area (Å²) >= 11 is 0. The number of carbonyl (C=O) groups excluding carboxylic acids is 2. The maximum atomic E-state index is 11.9. The van der Waals surface area contributed by atoms with Gasteiger partial charge in [-0.1, -0.05) is 25.5 Å². The molecule has 0 spiro atoms. The first kappa shape index (κ1) is 16.5. The van der Waals surface area contributed by atoms with E-state index < -0.39 is 0 Å². The van der Waals surface area contributed by atoms with Crippen molar-refractivity contribution in [3.8, 4) is 0 Å². The highest BCUT2D eigenvalue weighted by Crippen LogP contribution is 2.12. The zero-order chi connectivity index (χ0) is 15.8. The molecule has 2 rings (SSSR count). The van der Waals surface area contributed by atoms with Crippen LogP contribution in [0.25, 0.3) is 0 Å². The molecule has 5 heteroatoms. The van der Waals surface area contributed by atoms with Gasteiger partial charge in [-0.25, -0.2) is 0 Å². The predicted molar refractivity (Wildman–Crippen MR) is 84.5 cm³/mol. The first-order valence-corrected chi connectivity index (χ1v) is 7.93. The molecule has 2 N–H and O–H groups in total. The molecule has 2 amide bonds. The fourth-order valence-electron chi connectivity index (χ4n) is 2.33. The minimum atomic E-state index is -0.0489. The molecule has 1 fully saturated rings. The van der Waals surface area contributed by atoms with E-state index in [4.69, 9.17) is 4.74 Å². The van der Waals surface area contributed by atoms with Gasteiger partial charge in [0.15, 0.2) is 0 Å². The molecule has 1 heterocycles. The third-order valence-electron chi connectivity index (χ3n) is 3.80. The molecule has 120 valence electrons. The standard InChI is InChI=1S/C17H24N2O3/c1-2-3-9-18-16(20)14-6-4-13(5-7-14)11-19-17(21)15-8-10-22-12-15/h4-7,15H,2-3,8-12H2,1H3,(H,18,20)(H,19,21). The molecule has 1 aliphatic rings. The lowest BCUT2D eigenvalue weighted by Crippen LogP contribution is -2.30. The minimum absolute atomic E-state index is 0.0244. The second-order valence-electron chi connectivity index (χ2n) is 5.58. The number of unbranched alkanes of at least 4 members (excludes halogenated alkanes) is 1. The SMILES string of the molecule is CCCCNC(=O)c1ccc(CNC(=O)C2CCOC2)cc1. The lowest BCUT2D eigenvalue weighted by molar-refractivity contribution is -0.125. The Balaban J connectivity index is 1.78.